The number of rotatable bonds is 6. The number of nitrogens with zero attached hydrogens (tertiary/aromatic N) is 1. The molecule has 184 valence electrons. The fourth-order valence-corrected chi connectivity index (χ4v) is 7.26. The van der Waals surface area contributed by atoms with Crippen molar-refractivity contribution in [2.24, 2.45) is 11.8 Å². The Kier molecular flexibility index (Phi) is 6.61. The second kappa shape index (κ2) is 9.06. The van der Waals surface area contributed by atoms with Gasteiger partial charge in [-0.05, 0) is 57.2 Å². The summed E-state index contributed by atoms with van der Waals surface area (Å²) in [7, 11) is 3.44. The molecule has 0 heterocycles. The van der Waals surface area contributed by atoms with Crippen LogP contribution in [0.1, 0.15) is 50.2 Å². The van der Waals surface area contributed by atoms with E-state index >= 15 is 0 Å². The smallest absolute Gasteiger partial charge is 0.202 e. The Morgan fingerprint density at radius 2 is 1.88 bits per heavy atom. The van der Waals surface area contributed by atoms with Crippen LogP contribution in [0.4, 0.5) is 0 Å². The predicted molar refractivity (Wildman–Crippen MR) is 132 cm³/mol. The van der Waals surface area contributed by atoms with Gasteiger partial charge in [0.05, 0.1) is 11.6 Å². The Bertz CT molecular complexity index is 1090. The maximum atomic E-state index is 13.9. The van der Waals surface area contributed by atoms with E-state index in [2.05, 4.69) is 6.92 Å². The van der Waals surface area contributed by atoms with E-state index in [1.54, 1.807) is 36.8 Å². The van der Waals surface area contributed by atoms with Crippen LogP contribution in [0.25, 0.3) is 5.76 Å². The van der Waals surface area contributed by atoms with E-state index in [1.165, 1.54) is 13.0 Å². The first-order valence-electron chi connectivity index (χ1n) is 11.8. The highest BCUT2D eigenvalue weighted by atomic mass is 32.2. The zero-order valence-corrected chi connectivity index (χ0v) is 20.9. The number of aliphatic hydroxyl groups is 3. The maximum Gasteiger partial charge on any atom is 0.202 e. The van der Waals surface area contributed by atoms with Gasteiger partial charge in [0.1, 0.15) is 17.3 Å². The van der Waals surface area contributed by atoms with Crippen molar-refractivity contribution < 1.29 is 30.0 Å². The van der Waals surface area contributed by atoms with Crippen molar-refractivity contribution in [2.75, 3.05) is 25.6 Å². The summed E-state index contributed by atoms with van der Waals surface area (Å²) in [5.74, 6) is -2.14. The summed E-state index contributed by atoms with van der Waals surface area (Å²) in [6.07, 6.45) is 2.36. The Morgan fingerprint density at radius 1 is 1.18 bits per heavy atom. The highest BCUT2D eigenvalue weighted by molar-refractivity contribution is 7.99. The number of Topliss-reactive ketones (excluding diaryl/α,β-unsaturated/α-hetero) is 2. The van der Waals surface area contributed by atoms with E-state index in [0.29, 0.717) is 5.75 Å². The summed E-state index contributed by atoms with van der Waals surface area (Å²) in [4.78, 5) is 28.7. The van der Waals surface area contributed by atoms with Gasteiger partial charge in [-0.25, -0.2) is 0 Å². The third kappa shape index (κ3) is 3.49. The molecule has 8 heteroatoms. The molecule has 3 aliphatic carbocycles. The van der Waals surface area contributed by atoms with Gasteiger partial charge >= 0.3 is 0 Å². The van der Waals surface area contributed by atoms with Crippen LogP contribution in [0, 0.1) is 11.8 Å². The second-order valence-corrected chi connectivity index (χ2v) is 11.0. The zero-order valence-electron chi connectivity index (χ0n) is 20.0. The van der Waals surface area contributed by atoms with Gasteiger partial charge in [-0.2, -0.15) is 11.8 Å². The number of ketones is 2. The van der Waals surface area contributed by atoms with Crippen LogP contribution in [0.5, 0.6) is 5.75 Å². The molecule has 0 amide bonds. The normalized spacial score (nSPS) is 31.0. The van der Waals surface area contributed by atoms with E-state index in [0.717, 1.165) is 24.2 Å². The number of phenolic OH excluding ortho intramolecular Hbond substituents is 1. The Balaban J connectivity index is 1.90. The number of likely N-dealkylation sites (N-methyl/N-ethyl adjacent to an activating group) is 1. The fourth-order valence-electron chi connectivity index (χ4n) is 5.93. The van der Waals surface area contributed by atoms with Crippen LogP contribution in [0.15, 0.2) is 35.1 Å². The number of aliphatic hydroxyl groups excluding tert-OH is 2. The Hall–Kier alpha value is -2.29. The molecule has 1 aromatic carbocycles. The quantitative estimate of drug-likeness (QED) is 0.450. The standard InChI is InChI=1S/C26H33NO6S/c1-5-6-10-34-12-16-14-8-7-9-18(28)19(14)23(30)20-15(16)11-17-21(27(3)4)22(29)13(2)24(31)26(17,33)25(20)32/h7-9,15-17,21,28,30-31,33H,5-6,10-12H2,1-4H3. The lowest BCUT2D eigenvalue weighted by atomic mass is 9.56. The minimum Gasteiger partial charge on any atom is -0.508 e. The van der Waals surface area contributed by atoms with Crippen molar-refractivity contribution in [3.8, 4) is 5.75 Å². The predicted octanol–water partition coefficient (Wildman–Crippen LogP) is 3.57. The summed E-state index contributed by atoms with van der Waals surface area (Å²) in [6, 6.07) is 4.26. The number of hydrogen-bond donors (Lipinski definition) is 4. The number of carbonyl (C=O) groups excluding carboxylic acids is 2. The molecule has 0 radical (unpaired) electrons. The largest absolute Gasteiger partial charge is 0.508 e. The number of unbranched alkanes of at least 4 members (excludes halogenated alkanes) is 1. The molecular formula is C26H33NO6S. The molecule has 0 aromatic heterocycles. The highest BCUT2D eigenvalue weighted by Crippen LogP contribution is 2.56. The lowest BCUT2D eigenvalue weighted by molar-refractivity contribution is -0.153. The van der Waals surface area contributed by atoms with E-state index in [9.17, 15) is 30.0 Å². The monoisotopic (exact) mass is 487 g/mol. The molecule has 0 aliphatic heterocycles. The SMILES string of the molecule is CCCCSCC1c2cccc(O)c2C(O)=C2C(=O)C3(O)C(O)=C(C)C(=O)C(N(C)C)C3CC21. The van der Waals surface area contributed by atoms with Crippen LogP contribution < -0.4 is 0 Å². The van der Waals surface area contributed by atoms with E-state index in [-0.39, 0.29) is 46.3 Å². The van der Waals surface area contributed by atoms with Crippen LogP contribution in [-0.4, -0.2) is 74.1 Å². The van der Waals surface area contributed by atoms with Crippen molar-refractivity contribution in [1.29, 1.82) is 0 Å². The summed E-state index contributed by atoms with van der Waals surface area (Å²) in [5, 5.41) is 44.4. The summed E-state index contributed by atoms with van der Waals surface area (Å²) in [5.41, 5.74) is -1.36. The molecule has 34 heavy (non-hydrogen) atoms. The molecule has 0 bridgehead atoms. The first-order valence-corrected chi connectivity index (χ1v) is 12.9. The number of carbonyl (C=O) groups is 2. The van der Waals surface area contributed by atoms with Crippen molar-refractivity contribution in [3.63, 3.8) is 0 Å². The zero-order chi connectivity index (χ0) is 24.9. The molecule has 5 atom stereocenters. The van der Waals surface area contributed by atoms with Crippen LogP contribution >= 0.6 is 11.8 Å². The van der Waals surface area contributed by atoms with Crippen LogP contribution in [-0.2, 0) is 9.59 Å². The lowest BCUT2D eigenvalue weighted by Gasteiger charge is -2.51. The average Bonchev–Trinajstić information content (AvgIpc) is 2.79. The van der Waals surface area contributed by atoms with Crippen molar-refractivity contribution >= 4 is 29.1 Å². The fraction of sp³-hybridized carbons (Fsp3) is 0.538. The molecule has 4 N–H and O–H groups in total. The molecule has 1 saturated carbocycles. The van der Waals surface area contributed by atoms with Gasteiger partial charge < -0.3 is 20.4 Å². The molecule has 5 unspecified atom stereocenters. The average molecular weight is 488 g/mol. The molecular weight excluding hydrogens is 454 g/mol. The van der Waals surface area contributed by atoms with Crippen molar-refractivity contribution in [3.05, 3.63) is 46.2 Å². The molecule has 0 saturated heterocycles. The number of benzene rings is 1. The third-order valence-corrected chi connectivity index (χ3v) is 8.86. The minimum absolute atomic E-state index is 0.0278. The summed E-state index contributed by atoms with van der Waals surface area (Å²) < 4.78 is 0. The second-order valence-electron chi connectivity index (χ2n) is 9.83. The van der Waals surface area contributed by atoms with Crippen molar-refractivity contribution in [1.82, 2.24) is 4.90 Å². The van der Waals surface area contributed by atoms with Gasteiger partial charge in [0, 0.05) is 28.7 Å². The Morgan fingerprint density at radius 3 is 2.53 bits per heavy atom. The van der Waals surface area contributed by atoms with E-state index < -0.39 is 35.0 Å². The highest BCUT2D eigenvalue weighted by Gasteiger charge is 2.63. The summed E-state index contributed by atoms with van der Waals surface area (Å²) >= 11 is 1.75. The van der Waals surface area contributed by atoms with Gasteiger partial charge in [0.15, 0.2) is 11.4 Å². The number of phenols is 1. The van der Waals surface area contributed by atoms with Gasteiger partial charge in [-0.15, -0.1) is 0 Å². The van der Waals surface area contributed by atoms with Crippen LogP contribution in [0.2, 0.25) is 0 Å². The number of thioether (sulfide) groups is 1. The molecule has 4 rings (SSSR count). The molecule has 3 aliphatic rings. The van der Waals surface area contributed by atoms with Crippen LogP contribution in [0.3, 0.4) is 0 Å². The number of fused-ring (bicyclic) bond motifs is 3. The molecule has 1 aromatic rings. The number of hydrogen-bond acceptors (Lipinski definition) is 8. The molecule has 0 spiro atoms. The number of aromatic hydroxyl groups is 1. The Labute approximate surface area is 204 Å². The first kappa shape index (κ1) is 24.8. The van der Waals surface area contributed by atoms with Gasteiger partial charge in [0.25, 0.3) is 0 Å². The molecule has 7 nitrogen and oxygen atoms in total. The van der Waals surface area contributed by atoms with Gasteiger partial charge in [-0.3, -0.25) is 14.5 Å². The van der Waals surface area contributed by atoms with E-state index in [1.807, 2.05) is 6.07 Å². The third-order valence-electron chi connectivity index (χ3n) is 7.69. The first-order chi connectivity index (χ1) is 16.1. The van der Waals surface area contributed by atoms with Gasteiger partial charge in [-0.1, -0.05) is 25.5 Å². The van der Waals surface area contributed by atoms with Crippen molar-refractivity contribution in [2.45, 2.75) is 50.7 Å². The topological polar surface area (TPSA) is 118 Å². The molecule has 1 fully saturated rings. The minimum atomic E-state index is -2.31. The summed E-state index contributed by atoms with van der Waals surface area (Å²) in [6.45, 7) is 3.53. The van der Waals surface area contributed by atoms with Gasteiger partial charge in [0.2, 0.25) is 5.78 Å². The van der Waals surface area contributed by atoms with E-state index in [4.69, 9.17) is 0 Å². The lowest BCUT2D eigenvalue weighted by Crippen LogP contribution is -2.65. The maximum absolute atomic E-state index is 13.9.